The summed E-state index contributed by atoms with van der Waals surface area (Å²) in [5.41, 5.74) is 1.56. The molecule has 0 spiro atoms. The maximum absolute atomic E-state index is 14.6. The summed E-state index contributed by atoms with van der Waals surface area (Å²) in [5, 5.41) is 11.3. The van der Waals surface area contributed by atoms with Gasteiger partial charge in [0, 0.05) is 17.5 Å². The Hall–Kier alpha value is -4.34. The lowest BCUT2D eigenvalue weighted by Crippen LogP contribution is -2.59. The van der Waals surface area contributed by atoms with Gasteiger partial charge >= 0.3 is 0 Å². The maximum atomic E-state index is 14.6. The molecule has 0 aliphatic heterocycles. The molecule has 1 unspecified atom stereocenters. The molecule has 0 heterocycles. The summed E-state index contributed by atoms with van der Waals surface area (Å²) < 4.78 is 0. The van der Waals surface area contributed by atoms with Gasteiger partial charge in [-0.2, -0.15) is 0 Å². The van der Waals surface area contributed by atoms with Crippen molar-refractivity contribution in [2.45, 2.75) is 104 Å². The predicted molar refractivity (Wildman–Crippen MR) is 183 cm³/mol. The van der Waals surface area contributed by atoms with E-state index in [2.05, 4.69) is 21.3 Å². The molecule has 4 N–H and O–H groups in total. The normalized spacial score (nSPS) is 19.2. The molecule has 48 heavy (non-hydrogen) atoms. The third-order valence-electron chi connectivity index (χ3n) is 9.24. The highest BCUT2D eigenvalue weighted by Gasteiger charge is 2.45. The molecule has 0 aromatic heterocycles. The number of carbonyl (C=O) groups excluding carboxylic acids is 6. The molecule has 1 saturated carbocycles. The van der Waals surface area contributed by atoms with Crippen LogP contribution in [0.1, 0.15) is 88.7 Å². The Morgan fingerprint density at radius 2 is 1.38 bits per heavy atom. The molecular formula is C38H50N4O6. The van der Waals surface area contributed by atoms with Gasteiger partial charge in [-0.15, -0.1) is 0 Å². The highest BCUT2D eigenvalue weighted by Crippen LogP contribution is 2.35. The zero-order chi connectivity index (χ0) is 35.2. The fraction of sp³-hybridized carbons (Fsp3) is 0.526. The van der Waals surface area contributed by atoms with Gasteiger partial charge in [0.2, 0.25) is 17.6 Å². The van der Waals surface area contributed by atoms with Gasteiger partial charge < -0.3 is 21.3 Å². The van der Waals surface area contributed by atoms with E-state index in [0.29, 0.717) is 12.0 Å². The van der Waals surface area contributed by atoms with Gasteiger partial charge in [0.1, 0.15) is 6.04 Å². The predicted octanol–water partition coefficient (Wildman–Crippen LogP) is 3.70. The second kappa shape index (κ2) is 15.7. The van der Waals surface area contributed by atoms with E-state index >= 15 is 0 Å². The fourth-order valence-corrected chi connectivity index (χ4v) is 6.28. The summed E-state index contributed by atoms with van der Waals surface area (Å²) >= 11 is 0. The van der Waals surface area contributed by atoms with Gasteiger partial charge in [0.25, 0.3) is 11.8 Å². The van der Waals surface area contributed by atoms with E-state index in [1.165, 1.54) is 0 Å². The van der Waals surface area contributed by atoms with Crippen LogP contribution in [0.3, 0.4) is 0 Å². The molecule has 258 valence electrons. The molecule has 4 amide bonds. The average molecular weight is 659 g/mol. The first-order chi connectivity index (χ1) is 22.7. The molecule has 5 atom stereocenters. The van der Waals surface area contributed by atoms with Crippen LogP contribution in [-0.4, -0.2) is 59.4 Å². The third-order valence-corrected chi connectivity index (χ3v) is 9.24. The second-order valence-corrected chi connectivity index (χ2v) is 14.6. The molecule has 1 fully saturated rings. The van der Waals surface area contributed by atoms with E-state index < -0.39 is 64.8 Å². The number of carbonyl (C=O) groups is 6. The molecule has 4 rings (SSSR count). The number of hydrogen-bond donors (Lipinski definition) is 4. The lowest BCUT2D eigenvalue weighted by atomic mass is 9.69. The molecule has 10 nitrogen and oxygen atoms in total. The topological polar surface area (TPSA) is 151 Å². The SMILES string of the molecule is CCC[C@H](NC(=O)[C@@H]1Cc2ccccc2CC1C(=O)[C@@H](NC(=O)[C@@H](NC(=O)c1ccccc1)C(C)C)C(C)(C)C)C(=O)C(=O)NC1CC1. The average Bonchev–Trinajstić information content (AvgIpc) is 3.88. The summed E-state index contributed by atoms with van der Waals surface area (Å²) in [5.74, 6) is -4.96. The Morgan fingerprint density at radius 3 is 1.92 bits per heavy atom. The van der Waals surface area contributed by atoms with Crippen LogP contribution >= 0.6 is 0 Å². The van der Waals surface area contributed by atoms with Crippen molar-refractivity contribution in [1.82, 2.24) is 21.3 Å². The monoisotopic (exact) mass is 658 g/mol. The Labute approximate surface area is 283 Å². The Morgan fingerprint density at radius 1 is 0.792 bits per heavy atom. The lowest BCUT2D eigenvalue weighted by Gasteiger charge is -2.38. The third kappa shape index (κ3) is 9.17. The molecular weight excluding hydrogens is 608 g/mol. The quantitative estimate of drug-likeness (QED) is 0.228. The van der Waals surface area contributed by atoms with Crippen LogP contribution in [-0.2, 0) is 36.8 Å². The molecule has 10 heteroatoms. The fourth-order valence-electron chi connectivity index (χ4n) is 6.28. The van der Waals surface area contributed by atoms with Crippen molar-refractivity contribution >= 4 is 35.2 Å². The second-order valence-electron chi connectivity index (χ2n) is 14.6. The van der Waals surface area contributed by atoms with E-state index in [0.717, 1.165) is 24.0 Å². The first kappa shape index (κ1) is 36.5. The number of rotatable bonds is 14. The standard InChI is InChI=1S/C38H50N4O6/c1-7-13-29(32(44)37(48)39-26-18-19-26)40-35(46)28-21-25-17-12-11-16-24(25)20-27(28)31(43)33(38(4,5)6)42-36(47)30(22(2)3)41-34(45)23-14-9-8-10-15-23/h8-12,14-17,22,26-30,33H,7,13,18-21H2,1-6H3,(H,39,48)(H,40,46)(H,41,45)(H,42,47)/t27?,28-,29+,30+,33-/m1/s1. The number of ketones is 2. The van der Waals surface area contributed by atoms with Crippen LogP contribution in [0.2, 0.25) is 0 Å². The van der Waals surface area contributed by atoms with Crippen LogP contribution in [0, 0.1) is 23.2 Å². The van der Waals surface area contributed by atoms with E-state index in [4.69, 9.17) is 0 Å². The first-order valence-electron chi connectivity index (χ1n) is 17.1. The van der Waals surface area contributed by atoms with Crippen molar-refractivity contribution in [3.05, 3.63) is 71.3 Å². The number of benzene rings is 2. The Bertz CT molecular complexity index is 1510. The zero-order valence-corrected chi connectivity index (χ0v) is 28.9. The van der Waals surface area contributed by atoms with E-state index in [9.17, 15) is 28.8 Å². The molecule has 2 aliphatic rings. The highest BCUT2D eigenvalue weighted by molar-refractivity contribution is 6.38. The Balaban J connectivity index is 1.59. The van der Waals surface area contributed by atoms with Crippen LogP contribution < -0.4 is 21.3 Å². The maximum Gasteiger partial charge on any atom is 0.289 e. The molecule has 0 bridgehead atoms. The number of amides is 4. The smallest absolute Gasteiger partial charge is 0.289 e. The molecule has 2 aromatic rings. The minimum absolute atomic E-state index is 0.00257. The first-order valence-corrected chi connectivity index (χ1v) is 17.1. The minimum atomic E-state index is -1.01. The molecule has 2 aromatic carbocycles. The van der Waals surface area contributed by atoms with E-state index in [-0.39, 0.29) is 37.0 Å². The Kier molecular flexibility index (Phi) is 11.9. The van der Waals surface area contributed by atoms with Crippen LogP contribution in [0.15, 0.2) is 54.6 Å². The van der Waals surface area contributed by atoms with Crippen molar-refractivity contribution in [3.63, 3.8) is 0 Å². The van der Waals surface area contributed by atoms with Gasteiger partial charge in [-0.25, -0.2) is 0 Å². The number of nitrogens with one attached hydrogen (secondary N) is 4. The van der Waals surface area contributed by atoms with Crippen molar-refractivity contribution < 1.29 is 28.8 Å². The summed E-state index contributed by atoms with van der Waals surface area (Å²) in [6.07, 6.45) is 3.07. The largest absolute Gasteiger partial charge is 0.347 e. The number of Topliss-reactive ketones (excluding diaryl/α,β-unsaturated/α-hetero) is 2. The van der Waals surface area contributed by atoms with Gasteiger partial charge in [0.05, 0.1) is 18.0 Å². The van der Waals surface area contributed by atoms with Crippen LogP contribution in [0.5, 0.6) is 0 Å². The summed E-state index contributed by atoms with van der Waals surface area (Å²) in [6.45, 7) is 11.1. The molecule has 0 radical (unpaired) electrons. The number of hydrogen-bond acceptors (Lipinski definition) is 6. The zero-order valence-electron chi connectivity index (χ0n) is 28.9. The summed E-state index contributed by atoms with van der Waals surface area (Å²) in [6, 6.07) is 13.4. The van der Waals surface area contributed by atoms with E-state index in [1.54, 1.807) is 30.3 Å². The minimum Gasteiger partial charge on any atom is -0.347 e. The molecule has 0 saturated heterocycles. The molecule has 2 aliphatic carbocycles. The summed E-state index contributed by atoms with van der Waals surface area (Å²) in [4.78, 5) is 81.2. The van der Waals surface area contributed by atoms with E-state index in [1.807, 2.05) is 65.8 Å². The van der Waals surface area contributed by atoms with Crippen molar-refractivity contribution in [1.29, 1.82) is 0 Å². The summed E-state index contributed by atoms with van der Waals surface area (Å²) in [7, 11) is 0. The lowest BCUT2D eigenvalue weighted by molar-refractivity contribution is -0.142. The van der Waals surface area contributed by atoms with Crippen molar-refractivity contribution in [2.24, 2.45) is 23.2 Å². The van der Waals surface area contributed by atoms with Gasteiger partial charge in [-0.1, -0.05) is 90.4 Å². The van der Waals surface area contributed by atoms with Crippen LogP contribution in [0.25, 0.3) is 0 Å². The number of fused-ring (bicyclic) bond motifs is 1. The van der Waals surface area contributed by atoms with Gasteiger partial charge in [-0.05, 0) is 66.7 Å². The van der Waals surface area contributed by atoms with Gasteiger partial charge in [-0.3, -0.25) is 28.8 Å². The van der Waals surface area contributed by atoms with Crippen molar-refractivity contribution in [2.75, 3.05) is 0 Å². The van der Waals surface area contributed by atoms with Gasteiger partial charge in [0.15, 0.2) is 5.78 Å². The van der Waals surface area contributed by atoms with Crippen LogP contribution in [0.4, 0.5) is 0 Å². The highest BCUT2D eigenvalue weighted by atomic mass is 16.2. The van der Waals surface area contributed by atoms with Crippen molar-refractivity contribution in [3.8, 4) is 0 Å².